The lowest BCUT2D eigenvalue weighted by molar-refractivity contribution is -0.128. The Kier molecular flexibility index (Phi) is 5.52. The summed E-state index contributed by atoms with van der Waals surface area (Å²) in [5, 5.41) is 9.47. The summed E-state index contributed by atoms with van der Waals surface area (Å²) >= 11 is 1.93. The van der Waals surface area contributed by atoms with E-state index in [1.165, 1.54) is 0 Å². The Bertz CT molecular complexity index is 181. The van der Waals surface area contributed by atoms with Crippen LogP contribution in [0.2, 0.25) is 0 Å². The van der Waals surface area contributed by atoms with Crippen molar-refractivity contribution >= 4 is 17.5 Å². The van der Waals surface area contributed by atoms with Crippen LogP contribution in [0.15, 0.2) is 0 Å². The number of carbonyl (C=O) groups excluding carboxylic acids is 1. The molecule has 1 aliphatic rings. The highest BCUT2D eigenvalue weighted by molar-refractivity contribution is 7.99. The van der Waals surface area contributed by atoms with Crippen molar-refractivity contribution in [1.29, 1.82) is 0 Å². The van der Waals surface area contributed by atoms with E-state index in [0.29, 0.717) is 13.0 Å². The molecule has 0 aromatic rings. The minimum atomic E-state index is -0.741. The Labute approximate surface area is 89.9 Å². The molecule has 14 heavy (non-hydrogen) atoms. The van der Waals surface area contributed by atoms with E-state index in [-0.39, 0.29) is 5.78 Å². The van der Waals surface area contributed by atoms with Gasteiger partial charge in [-0.15, -0.1) is 0 Å². The van der Waals surface area contributed by atoms with Gasteiger partial charge in [0.05, 0.1) is 6.54 Å². The molecule has 1 N–H and O–H groups in total. The van der Waals surface area contributed by atoms with E-state index < -0.39 is 6.10 Å². The maximum absolute atomic E-state index is 11.5. The lowest BCUT2D eigenvalue weighted by Crippen LogP contribution is -2.40. The summed E-state index contributed by atoms with van der Waals surface area (Å²) in [6.45, 7) is 4.38. The first-order valence-corrected chi connectivity index (χ1v) is 6.40. The number of hydrogen-bond acceptors (Lipinski definition) is 4. The quantitative estimate of drug-likeness (QED) is 0.738. The van der Waals surface area contributed by atoms with E-state index in [0.717, 1.165) is 31.0 Å². The van der Waals surface area contributed by atoms with Crippen molar-refractivity contribution in [3.05, 3.63) is 0 Å². The molecule has 1 rings (SSSR count). The molecule has 4 heteroatoms. The Morgan fingerprint density at radius 1 is 1.50 bits per heavy atom. The van der Waals surface area contributed by atoms with Crippen LogP contribution in [0.5, 0.6) is 0 Å². The van der Waals surface area contributed by atoms with Gasteiger partial charge in [0.25, 0.3) is 0 Å². The molecule has 1 unspecified atom stereocenters. The number of rotatable bonds is 5. The second kappa shape index (κ2) is 6.43. The summed E-state index contributed by atoms with van der Waals surface area (Å²) in [5.74, 6) is 2.20. The lowest BCUT2D eigenvalue weighted by atomic mass is 10.1. The molecule has 0 aromatic heterocycles. The standard InChI is InChI=1S/C10H19NO2S/c1-2-3-9(12)10(13)8-11-4-6-14-7-5-11/h9,12H,2-8H2,1H3. The summed E-state index contributed by atoms with van der Waals surface area (Å²) in [5.41, 5.74) is 0. The summed E-state index contributed by atoms with van der Waals surface area (Å²) in [6.07, 6.45) is 0.721. The second-order valence-corrected chi connectivity index (χ2v) is 4.88. The van der Waals surface area contributed by atoms with Crippen molar-refractivity contribution in [3.8, 4) is 0 Å². The van der Waals surface area contributed by atoms with Gasteiger partial charge in [-0.2, -0.15) is 11.8 Å². The van der Waals surface area contributed by atoms with Gasteiger partial charge in [-0.05, 0) is 6.42 Å². The molecule has 82 valence electrons. The zero-order valence-electron chi connectivity index (χ0n) is 8.74. The van der Waals surface area contributed by atoms with Crippen LogP contribution in [0, 0.1) is 0 Å². The predicted octanol–water partition coefficient (Wildman–Crippen LogP) is 0.765. The van der Waals surface area contributed by atoms with Crippen molar-refractivity contribution in [3.63, 3.8) is 0 Å². The Balaban J connectivity index is 2.24. The first-order chi connectivity index (χ1) is 6.74. The average Bonchev–Trinajstić information content (AvgIpc) is 2.19. The fourth-order valence-corrected chi connectivity index (χ4v) is 2.50. The van der Waals surface area contributed by atoms with E-state index in [4.69, 9.17) is 0 Å². The van der Waals surface area contributed by atoms with E-state index in [1.807, 2.05) is 18.7 Å². The van der Waals surface area contributed by atoms with Gasteiger partial charge >= 0.3 is 0 Å². The Morgan fingerprint density at radius 3 is 2.71 bits per heavy atom. The number of carbonyl (C=O) groups is 1. The van der Waals surface area contributed by atoms with Gasteiger partial charge in [0.15, 0.2) is 5.78 Å². The van der Waals surface area contributed by atoms with Crippen molar-refractivity contribution in [2.45, 2.75) is 25.9 Å². The highest BCUT2D eigenvalue weighted by Gasteiger charge is 2.19. The monoisotopic (exact) mass is 217 g/mol. The zero-order valence-corrected chi connectivity index (χ0v) is 9.55. The minimum Gasteiger partial charge on any atom is -0.385 e. The van der Waals surface area contributed by atoms with Crippen LogP contribution >= 0.6 is 11.8 Å². The molecule has 1 fully saturated rings. The molecule has 3 nitrogen and oxygen atoms in total. The molecule has 0 aliphatic carbocycles. The van der Waals surface area contributed by atoms with Crippen molar-refractivity contribution in [2.24, 2.45) is 0 Å². The maximum Gasteiger partial charge on any atom is 0.175 e. The molecule has 0 radical (unpaired) electrons. The summed E-state index contributed by atoms with van der Waals surface area (Å²) in [4.78, 5) is 13.6. The molecule has 0 amide bonds. The molecular formula is C10H19NO2S. The average molecular weight is 217 g/mol. The van der Waals surface area contributed by atoms with Gasteiger partial charge in [-0.1, -0.05) is 13.3 Å². The number of nitrogens with zero attached hydrogens (tertiary/aromatic N) is 1. The number of ketones is 1. The molecule has 0 bridgehead atoms. The Morgan fingerprint density at radius 2 is 2.14 bits per heavy atom. The third-order valence-electron chi connectivity index (χ3n) is 2.42. The molecule has 0 spiro atoms. The van der Waals surface area contributed by atoms with Crippen LogP contribution in [-0.4, -0.2) is 53.0 Å². The number of thioether (sulfide) groups is 1. The van der Waals surface area contributed by atoms with Gasteiger partial charge < -0.3 is 5.11 Å². The first kappa shape index (κ1) is 12.0. The zero-order chi connectivity index (χ0) is 10.4. The van der Waals surface area contributed by atoms with Gasteiger partial charge in [0.2, 0.25) is 0 Å². The molecule has 1 saturated heterocycles. The molecule has 0 saturated carbocycles. The fraction of sp³-hybridized carbons (Fsp3) is 0.900. The first-order valence-electron chi connectivity index (χ1n) is 5.25. The third kappa shape index (κ3) is 3.98. The smallest absolute Gasteiger partial charge is 0.175 e. The summed E-state index contributed by atoms with van der Waals surface area (Å²) < 4.78 is 0. The largest absolute Gasteiger partial charge is 0.385 e. The second-order valence-electron chi connectivity index (χ2n) is 3.66. The SMILES string of the molecule is CCCC(O)C(=O)CN1CCSCC1. The van der Waals surface area contributed by atoms with Gasteiger partial charge in [0.1, 0.15) is 6.10 Å². The van der Waals surface area contributed by atoms with Crippen LogP contribution in [0.4, 0.5) is 0 Å². The van der Waals surface area contributed by atoms with Crippen LogP contribution in [0.3, 0.4) is 0 Å². The van der Waals surface area contributed by atoms with Gasteiger partial charge in [0, 0.05) is 24.6 Å². The van der Waals surface area contributed by atoms with E-state index in [9.17, 15) is 9.90 Å². The van der Waals surface area contributed by atoms with E-state index >= 15 is 0 Å². The molecule has 0 aromatic carbocycles. The highest BCUT2D eigenvalue weighted by atomic mass is 32.2. The van der Waals surface area contributed by atoms with E-state index in [2.05, 4.69) is 4.90 Å². The maximum atomic E-state index is 11.5. The number of aliphatic hydroxyl groups excluding tert-OH is 1. The predicted molar refractivity (Wildman–Crippen MR) is 59.7 cm³/mol. The number of aliphatic hydroxyl groups is 1. The van der Waals surface area contributed by atoms with E-state index in [1.54, 1.807) is 0 Å². The number of hydrogen-bond donors (Lipinski definition) is 1. The van der Waals surface area contributed by atoms with Crippen LogP contribution in [0.1, 0.15) is 19.8 Å². The van der Waals surface area contributed by atoms with Crippen molar-refractivity contribution < 1.29 is 9.90 Å². The Hall–Kier alpha value is -0.0600. The topological polar surface area (TPSA) is 40.5 Å². The third-order valence-corrected chi connectivity index (χ3v) is 3.36. The summed E-state index contributed by atoms with van der Waals surface area (Å²) in [6, 6.07) is 0. The summed E-state index contributed by atoms with van der Waals surface area (Å²) in [7, 11) is 0. The number of Topliss-reactive ketones (excluding diaryl/α,β-unsaturated/α-hetero) is 1. The van der Waals surface area contributed by atoms with Gasteiger partial charge in [-0.3, -0.25) is 9.69 Å². The molecule has 1 aliphatic heterocycles. The molecule has 1 heterocycles. The molecular weight excluding hydrogens is 198 g/mol. The lowest BCUT2D eigenvalue weighted by Gasteiger charge is -2.26. The normalized spacial score (nSPS) is 20.7. The van der Waals surface area contributed by atoms with Crippen LogP contribution in [0.25, 0.3) is 0 Å². The van der Waals surface area contributed by atoms with Crippen molar-refractivity contribution in [1.82, 2.24) is 4.90 Å². The van der Waals surface area contributed by atoms with Crippen molar-refractivity contribution in [2.75, 3.05) is 31.1 Å². The minimum absolute atomic E-state index is 0.0150. The highest BCUT2D eigenvalue weighted by Crippen LogP contribution is 2.09. The van der Waals surface area contributed by atoms with Crippen LogP contribution < -0.4 is 0 Å². The molecule has 1 atom stereocenters. The van der Waals surface area contributed by atoms with Gasteiger partial charge in [-0.25, -0.2) is 0 Å². The fourth-order valence-electron chi connectivity index (χ4n) is 1.52. The van der Waals surface area contributed by atoms with Crippen LogP contribution in [-0.2, 0) is 4.79 Å².